The highest BCUT2D eigenvalue weighted by molar-refractivity contribution is 7.86. The van der Waals surface area contributed by atoms with Crippen LogP contribution in [0.4, 0.5) is 13.2 Å². The molecule has 0 unspecified atom stereocenters. The van der Waals surface area contributed by atoms with Crippen LogP contribution < -0.4 is 4.18 Å². The lowest BCUT2D eigenvalue weighted by Gasteiger charge is -2.08. The highest BCUT2D eigenvalue weighted by Crippen LogP contribution is 2.30. The molecule has 0 fully saturated rings. The quantitative estimate of drug-likeness (QED) is 0.453. The molecule has 0 saturated heterocycles. The summed E-state index contributed by atoms with van der Waals surface area (Å²) in [5, 5.41) is 0. The SMILES string of the molecule is CS(=O)(=O)Oc1ccc(C=O)cc1/C=C/c1cccc(C(F)(F)F)c1. The van der Waals surface area contributed by atoms with Gasteiger partial charge in [0.15, 0.2) is 0 Å². The molecule has 8 heteroatoms. The molecule has 25 heavy (non-hydrogen) atoms. The van der Waals surface area contributed by atoms with E-state index in [-0.39, 0.29) is 22.4 Å². The summed E-state index contributed by atoms with van der Waals surface area (Å²) in [5.74, 6) is -0.0312. The number of aldehydes is 1. The summed E-state index contributed by atoms with van der Waals surface area (Å²) in [7, 11) is -3.80. The van der Waals surface area contributed by atoms with E-state index in [4.69, 9.17) is 4.18 Å². The minimum absolute atomic E-state index is 0.0312. The number of benzene rings is 2. The molecule has 0 radical (unpaired) electrons. The van der Waals surface area contributed by atoms with Crippen LogP contribution in [0, 0.1) is 0 Å². The van der Waals surface area contributed by atoms with Gasteiger partial charge in [0.25, 0.3) is 0 Å². The number of alkyl halides is 3. The normalized spacial score (nSPS) is 12.3. The molecule has 0 spiro atoms. The molecule has 2 aromatic carbocycles. The Morgan fingerprint density at radius 2 is 1.72 bits per heavy atom. The zero-order chi connectivity index (χ0) is 18.7. The van der Waals surface area contributed by atoms with Gasteiger partial charge in [-0.15, -0.1) is 0 Å². The third-order valence-corrected chi connectivity index (χ3v) is 3.56. The van der Waals surface area contributed by atoms with Gasteiger partial charge in [0.1, 0.15) is 12.0 Å². The van der Waals surface area contributed by atoms with Crippen molar-refractivity contribution in [2.45, 2.75) is 6.18 Å². The zero-order valence-corrected chi connectivity index (χ0v) is 13.8. The van der Waals surface area contributed by atoms with Crippen LogP contribution in [0.2, 0.25) is 0 Å². The van der Waals surface area contributed by atoms with E-state index in [1.807, 2.05) is 0 Å². The minimum atomic E-state index is -4.47. The Morgan fingerprint density at radius 3 is 2.32 bits per heavy atom. The van der Waals surface area contributed by atoms with Gasteiger partial charge in [-0.3, -0.25) is 4.79 Å². The molecule has 0 aliphatic carbocycles. The number of rotatable bonds is 5. The number of halogens is 3. The molecule has 0 atom stereocenters. The first-order chi connectivity index (χ1) is 11.6. The standard InChI is InChI=1S/C17H13F3O4S/c1-25(22,23)24-16-8-6-13(11-21)9-14(16)7-5-12-3-2-4-15(10-12)17(18,19)20/h2-11H,1H3/b7-5+. The maximum atomic E-state index is 12.7. The van der Waals surface area contributed by atoms with Crippen molar-refractivity contribution in [2.24, 2.45) is 0 Å². The average Bonchev–Trinajstić information content (AvgIpc) is 2.52. The third-order valence-electron chi connectivity index (χ3n) is 3.08. The molecule has 132 valence electrons. The fourth-order valence-electron chi connectivity index (χ4n) is 2.01. The van der Waals surface area contributed by atoms with Gasteiger partial charge < -0.3 is 4.18 Å². The van der Waals surface area contributed by atoms with Gasteiger partial charge in [-0.05, 0) is 35.9 Å². The van der Waals surface area contributed by atoms with Crippen molar-refractivity contribution < 1.29 is 30.6 Å². The zero-order valence-electron chi connectivity index (χ0n) is 12.9. The van der Waals surface area contributed by atoms with Crippen LogP contribution in [-0.2, 0) is 16.3 Å². The Hall–Kier alpha value is -2.61. The number of hydrogen-bond acceptors (Lipinski definition) is 4. The molecule has 0 bridgehead atoms. The Kier molecular flexibility index (Phi) is 5.32. The molecule has 0 aliphatic heterocycles. The Labute approximate surface area is 142 Å². The van der Waals surface area contributed by atoms with Crippen molar-refractivity contribution in [3.8, 4) is 5.75 Å². The van der Waals surface area contributed by atoms with Gasteiger partial charge in [-0.25, -0.2) is 0 Å². The molecule has 0 amide bonds. The van der Waals surface area contributed by atoms with E-state index in [1.165, 1.54) is 42.5 Å². The van der Waals surface area contributed by atoms with Gasteiger partial charge in [0, 0.05) is 11.1 Å². The largest absolute Gasteiger partial charge is 0.416 e. The first-order valence-electron chi connectivity index (χ1n) is 6.92. The van der Waals surface area contributed by atoms with E-state index in [0.29, 0.717) is 6.29 Å². The second-order valence-corrected chi connectivity index (χ2v) is 6.73. The van der Waals surface area contributed by atoms with Crippen molar-refractivity contribution in [3.63, 3.8) is 0 Å². The van der Waals surface area contributed by atoms with Crippen molar-refractivity contribution in [2.75, 3.05) is 6.26 Å². The predicted octanol–water partition coefficient (Wildman–Crippen LogP) is 4.03. The van der Waals surface area contributed by atoms with Crippen molar-refractivity contribution in [3.05, 3.63) is 64.7 Å². The second kappa shape index (κ2) is 7.10. The summed E-state index contributed by atoms with van der Waals surface area (Å²) in [6.45, 7) is 0. The number of hydrogen-bond donors (Lipinski definition) is 0. The lowest BCUT2D eigenvalue weighted by atomic mass is 10.1. The van der Waals surface area contributed by atoms with Gasteiger partial charge in [-0.1, -0.05) is 24.3 Å². The van der Waals surface area contributed by atoms with E-state index in [2.05, 4.69) is 0 Å². The Bertz CT molecular complexity index is 916. The predicted molar refractivity (Wildman–Crippen MR) is 87.7 cm³/mol. The summed E-state index contributed by atoms with van der Waals surface area (Å²) < 4.78 is 65.6. The van der Waals surface area contributed by atoms with E-state index in [0.717, 1.165) is 18.4 Å². The van der Waals surface area contributed by atoms with Gasteiger partial charge >= 0.3 is 16.3 Å². The van der Waals surface area contributed by atoms with E-state index in [1.54, 1.807) is 0 Å². The average molecular weight is 370 g/mol. The molecule has 0 saturated carbocycles. The Balaban J connectivity index is 2.41. The first kappa shape index (κ1) is 18.7. The number of carbonyl (C=O) groups is 1. The minimum Gasteiger partial charge on any atom is -0.382 e. The summed E-state index contributed by atoms with van der Waals surface area (Å²) in [4.78, 5) is 10.9. The Morgan fingerprint density at radius 1 is 1.00 bits per heavy atom. The van der Waals surface area contributed by atoms with Crippen LogP contribution in [0.5, 0.6) is 5.75 Å². The molecule has 2 rings (SSSR count). The van der Waals surface area contributed by atoms with Crippen LogP contribution in [0.3, 0.4) is 0 Å². The molecule has 4 nitrogen and oxygen atoms in total. The highest BCUT2D eigenvalue weighted by atomic mass is 32.2. The third kappa shape index (κ3) is 5.46. The van der Waals surface area contributed by atoms with Crippen molar-refractivity contribution in [1.82, 2.24) is 0 Å². The van der Waals surface area contributed by atoms with Crippen LogP contribution in [0.1, 0.15) is 27.0 Å². The number of carbonyl (C=O) groups excluding carboxylic acids is 1. The molecule has 0 aromatic heterocycles. The van der Waals surface area contributed by atoms with E-state index >= 15 is 0 Å². The van der Waals surface area contributed by atoms with E-state index in [9.17, 15) is 26.4 Å². The fraction of sp³-hybridized carbons (Fsp3) is 0.118. The van der Waals surface area contributed by atoms with Gasteiger partial charge in [0.2, 0.25) is 0 Å². The summed E-state index contributed by atoms with van der Waals surface area (Å²) >= 11 is 0. The van der Waals surface area contributed by atoms with E-state index < -0.39 is 21.9 Å². The lowest BCUT2D eigenvalue weighted by Crippen LogP contribution is -2.07. The van der Waals surface area contributed by atoms with Crippen molar-refractivity contribution in [1.29, 1.82) is 0 Å². The van der Waals surface area contributed by atoms with Crippen LogP contribution >= 0.6 is 0 Å². The molecule has 0 N–H and O–H groups in total. The molecule has 2 aromatic rings. The molecule has 0 aliphatic rings. The van der Waals surface area contributed by atoms with Gasteiger partial charge in [0.05, 0.1) is 11.8 Å². The fourth-order valence-corrected chi connectivity index (χ4v) is 2.49. The maximum Gasteiger partial charge on any atom is 0.416 e. The maximum absolute atomic E-state index is 12.7. The van der Waals surface area contributed by atoms with Crippen LogP contribution in [0.25, 0.3) is 12.2 Å². The molecule has 0 heterocycles. The summed E-state index contributed by atoms with van der Waals surface area (Å²) in [6, 6.07) is 8.67. The lowest BCUT2D eigenvalue weighted by molar-refractivity contribution is -0.137. The topological polar surface area (TPSA) is 60.4 Å². The van der Waals surface area contributed by atoms with Crippen molar-refractivity contribution >= 4 is 28.6 Å². The smallest absolute Gasteiger partial charge is 0.382 e. The molecular formula is C17H13F3O4S. The van der Waals surface area contributed by atoms with Crippen LogP contribution in [0.15, 0.2) is 42.5 Å². The van der Waals surface area contributed by atoms with Gasteiger partial charge in [-0.2, -0.15) is 21.6 Å². The monoisotopic (exact) mass is 370 g/mol. The molecular weight excluding hydrogens is 357 g/mol. The summed E-state index contributed by atoms with van der Waals surface area (Å²) in [6.07, 6.45) is -0.296. The van der Waals surface area contributed by atoms with Crippen LogP contribution in [-0.4, -0.2) is 21.0 Å². The summed E-state index contributed by atoms with van der Waals surface area (Å²) in [5.41, 5.74) is -0.0301. The highest BCUT2D eigenvalue weighted by Gasteiger charge is 2.30. The second-order valence-electron chi connectivity index (χ2n) is 5.16. The first-order valence-corrected chi connectivity index (χ1v) is 8.74.